The van der Waals surface area contributed by atoms with Crippen molar-refractivity contribution >= 4 is 11.6 Å². The van der Waals surface area contributed by atoms with Gasteiger partial charge in [0.2, 0.25) is 0 Å². The second kappa shape index (κ2) is 6.81. The summed E-state index contributed by atoms with van der Waals surface area (Å²) in [6.45, 7) is 2.04. The van der Waals surface area contributed by atoms with Gasteiger partial charge in [0.1, 0.15) is 5.69 Å². The topological polar surface area (TPSA) is 59.0 Å². The fourth-order valence-corrected chi connectivity index (χ4v) is 3.20. The van der Waals surface area contributed by atoms with E-state index in [-0.39, 0.29) is 5.91 Å². The Labute approximate surface area is 146 Å². The normalized spacial score (nSPS) is 12.5. The molecule has 1 aliphatic rings. The van der Waals surface area contributed by atoms with Crippen LogP contribution in [0.4, 0.5) is 5.69 Å². The summed E-state index contributed by atoms with van der Waals surface area (Å²) in [6, 6.07) is 16.1. The second-order valence-electron chi connectivity index (χ2n) is 6.17. The van der Waals surface area contributed by atoms with Crippen LogP contribution >= 0.6 is 0 Å². The molecule has 25 heavy (non-hydrogen) atoms. The molecule has 1 aliphatic heterocycles. The Bertz CT molecular complexity index is 886. The Morgan fingerprint density at radius 3 is 2.84 bits per heavy atom. The first-order valence-electron chi connectivity index (χ1n) is 8.48. The van der Waals surface area contributed by atoms with Gasteiger partial charge in [-0.15, -0.1) is 0 Å². The van der Waals surface area contributed by atoms with Crippen LogP contribution in [0.2, 0.25) is 0 Å². The zero-order valence-electron chi connectivity index (χ0n) is 13.9. The summed E-state index contributed by atoms with van der Waals surface area (Å²) in [5, 5.41) is 6.47. The van der Waals surface area contributed by atoms with E-state index in [9.17, 15) is 4.79 Å². The minimum Gasteiger partial charge on any atom is -0.379 e. The summed E-state index contributed by atoms with van der Waals surface area (Å²) in [6.07, 6.45) is 4.34. The van der Waals surface area contributed by atoms with Crippen molar-refractivity contribution in [3.63, 3.8) is 0 Å². The zero-order chi connectivity index (χ0) is 17.1. The number of carbonyl (C=O) groups excluding carboxylic acids is 1. The Balaban J connectivity index is 1.47. The molecule has 0 radical (unpaired) electrons. The fraction of sp³-hybridized carbons (Fsp3) is 0.200. The summed E-state index contributed by atoms with van der Waals surface area (Å²) in [5.74, 6) is -0.0281. The lowest BCUT2D eigenvalue weighted by atomic mass is 10.2. The smallest absolute Gasteiger partial charge is 0.267 e. The molecule has 0 atom stereocenters. The number of benzene rings is 1. The third-order valence-corrected chi connectivity index (χ3v) is 4.56. The lowest BCUT2D eigenvalue weighted by Gasteiger charge is -2.11. The highest BCUT2D eigenvalue weighted by Gasteiger charge is 2.18. The van der Waals surface area contributed by atoms with Crippen LogP contribution < -0.4 is 10.6 Å². The number of hydrogen-bond acceptors (Lipinski definition) is 3. The number of amides is 1. The molecule has 0 fully saturated rings. The van der Waals surface area contributed by atoms with Crippen molar-refractivity contribution in [2.24, 2.45) is 0 Å². The van der Waals surface area contributed by atoms with Crippen LogP contribution in [0.15, 0.2) is 60.9 Å². The van der Waals surface area contributed by atoms with Gasteiger partial charge in [-0.25, -0.2) is 0 Å². The maximum atomic E-state index is 12.6. The van der Waals surface area contributed by atoms with E-state index in [1.165, 1.54) is 11.1 Å². The number of hydrogen-bond donors (Lipinski definition) is 2. The van der Waals surface area contributed by atoms with Crippen LogP contribution in [0.25, 0.3) is 0 Å². The van der Waals surface area contributed by atoms with Gasteiger partial charge in [0.15, 0.2) is 0 Å². The van der Waals surface area contributed by atoms with Gasteiger partial charge >= 0.3 is 0 Å². The van der Waals surface area contributed by atoms with E-state index < -0.39 is 0 Å². The standard InChI is InChI=1S/C20H20N4O/c25-20(22-12-9-15-7-10-21-11-8-15)19-6-5-17-13-23-18-4-2-1-3-16(18)14-24(17)19/h1-8,10-11,23H,9,12-14H2,(H,22,25). The molecule has 4 rings (SSSR count). The molecule has 0 bridgehead atoms. The summed E-state index contributed by atoms with van der Waals surface area (Å²) >= 11 is 0. The third-order valence-electron chi connectivity index (χ3n) is 4.56. The number of para-hydroxylation sites is 1. The summed E-state index contributed by atoms with van der Waals surface area (Å²) < 4.78 is 2.10. The van der Waals surface area contributed by atoms with Crippen LogP contribution in [0, 0.1) is 0 Å². The van der Waals surface area contributed by atoms with Crippen molar-refractivity contribution in [1.29, 1.82) is 0 Å². The average Bonchev–Trinajstić information content (AvgIpc) is 2.95. The Morgan fingerprint density at radius 1 is 1.12 bits per heavy atom. The molecule has 0 aliphatic carbocycles. The van der Waals surface area contributed by atoms with Crippen LogP contribution in [0.5, 0.6) is 0 Å². The first-order chi connectivity index (χ1) is 12.3. The van der Waals surface area contributed by atoms with Crippen LogP contribution in [0.3, 0.4) is 0 Å². The first-order valence-corrected chi connectivity index (χ1v) is 8.48. The van der Waals surface area contributed by atoms with Crippen molar-refractivity contribution in [2.75, 3.05) is 11.9 Å². The molecule has 3 aromatic rings. The van der Waals surface area contributed by atoms with Crippen molar-refractivity contribution in [2.45, 2.75) is 19.5 Å². The molecule has 5 nitrogen and oxygen atoms in total. The molecule has 126 valence electrons. The van der Waals surface area contributed by atoms with Gasteiger partial charge in [0, 0.05) is 30.3 Å². The number of nitrogens with one attached hydrogen (secondary N) is 2. The van der Waals surface area contributed by atoms with E-state index in [1.807, 2.05) is 36.4 Å². The molecular formula is C20H20N4O. The van der Waals surface area contributed by atoms with Gasteiger partial charge in [-0.3, -0.25) is 9.78 Å². The SMILES string of the molecule is O=C(NCCc1ccncc1)c1ccc2n1Cc1ccccc1NC2. The minimum absolute atomic E-state index is 0.0281. The molecule has 1 aromatic carbocycles. The quantitative estimate of drug-likeness (QED) is 0.772. The molecule has 1 amide bonds. The molecule has 0 spiro atoms. The number of pyridine rings is 1. The van der Waals surface area contributed by atoms with E-state index >= 15 is 0 Å². The minimum atomic E-state index is -0.0281. The Morgan fingerprint density at radius 2 is 1.96 bits per heavy atom. The summed E-state index contributed by atoms with van der Waals surface area (Å²) in [5.41, 5.74) is 5.33. The van der Waals surface area contributed by atoms with Gasteiger partial charge < -0.3 is 15.2 Å². The van der Waals surface area contributed by atoms with Gasteiger partial charge in [-0.2, -0.15) is 0 Å². The Hall–Kier alpha value is -3.08. The van der Waals surface area contributed by atoms with E-state index in [4.69, 9.17) is 0 Å². The second-order valence-corrected chi connectivity index (χ2v) is 6.17. The van der Waals surface area contributed by atoms with Crippen molar-refractivity contribution in [3.8, 4) is 0 Å². The molecule has 0 saturated heterocycles. The number of rotatable bonds is 4. The number of anilines is 1. The fourth-order valence-electron chi connectivity index (χ4n) is 3.20. The molecule has 2 N–H and O–H groups in total. The monoisotopic (exact) mass is 332 g/mol. The van der Waals surface area contributed by atoms with Crippen molar-refractivity contribution in [1.82, 2.24) is 14.9 Å². The molecular weight excluding hydrogens is 312 g/mol. The van der Waals surface area contributed by atoms with E-state index in [2.05, 4.69) is 32.3 Å². The van der Waals surface area contributed by atoms with E-state index in [0.29, 0.717) is 18.8 Å². The number of nitrogens with zero attached hydrogens (tertiary/aromatic N) is 2. The maximum absolute atomic E-state index is 12.6. The van der Waals surface area contributed by atoms with Crippen LogP contribution in [-0.4, -0.2) is 22.0 Å². The molecule has 5 heteroatoms. The van der Waals surface area contributed by atoms with E-state index in [0.717, 1.165) is 24.3 Å². The highest BCUT2D eigenvalue weighted by atomic mass is 16.1. The maximum Gasteiger partial charge on any atom is 0.267 e. The van der Waals surface area contributed by atoms with Gasteiger partial charge in [-0.1, -0.05) is 18.2 Å². The highest BCUT2D eigenvalue weighted by Crippen LogP contribution is 2.24. The van der Waals surface area contributed by atoms with Gasteiger partial charge in [-0.05, 0) is 47.9 Å². The lowest BCUT2D eigenvalue weighted by Crippen LogP contribution is -2.28. The molecule has 2 aromatic heterocycles. The van der Waals surface area contributed by atoms with Gasteiger partial charge in [0.25, 0.3) is 5.91 Å². The number of carbonyl (C=O) groups is 1. The van der Waals surface area contributed by atoms with Crippen molar-refractivity contribution < 1.29 is 4.79 Å². The number of aromatic nitrogens is 2. The predicted molar refractivity (Wildman–Crippen MR) is 97.6 cm³/mol. The largest absolute Gasteiger partial charge is 0.379 e. The van der Waals surface area contributed by atoms with E-state index in [1.54, 1.807) is 12.4 Å². The Kier molecular flexibility index (Phi) is 4.21. The van der Waals surface area contributed by atoms with Gasteiger partial charge in [0.05, 0.1) is 13.1 Å². The summed E-state index contributed by atoms with van der Waals surface area (Å²) in [4.78, 5) is 16.6. The van der Waals surface area contributed by atoms with Crippen LogP contribution in [0.1, 0.15) is 27.3 Å². The third kappa shape index (κ3) is 3.26. The number of fused-ring (bicyclic) bond motifs is 2. The average molecular weight is 332 g/mol. The zero-order valence-corrected chi connectivity index (χ0v) is 13.9. The first kappa shape index (κ1) is 15.4. The molecule has 0 unspecified atom stereocenters. The highest BCUT2D eigenvalue weighted by molar-refractivity contribution is 5.93. The van der Waals surface area contributed by atoms with Crippen LogP contribution in [-0.2, 0) is 19.5 Å². The molecule has 3 heterocycles. The lowest BCUT2D eigenvalue weighted by molar-refractivity contribution is 0.0945. The predicted octanol–water partition coefficient (Wildman–Crippen LogP) is 2.83. The van der Waals surface area contributed by atoms with Crippen molar-refractivity contribution in [3.05, 3.63) is 83.4 Å². The summed E-state index contributed by atoms with van der Waals surface area (Å²) in [7, 11) is 0. The molecule has 0 saturated carbocycles.